The summed E-state index contributed by atoms with van der Waals surface area (Å²) in [7, 11) is 0. The maximum absolute atomic E-state index is 14.1. The monoisotopic (exact) mass is 343 g/mol. The van der Waals surface area contributed by atoms with Crippen molar-refractivity contribution in [1.29, 1.82) is 0 Å². The Kier molecular flexibility index (Phi) is 2.93. The van der Waals surface area contributed by atoms with Gasteiger partial charge in [0.2, 0.25) is 0 Å². The summed E-state index contributed by atoms with van der Waals surface area (Å²) in [6.07, 6.45) is 6.20. The minimum atomic E-state index is -0.351. The average Bonchev–Trinajstić information content (AvgIpc) is 2.76. The largest absolute Gasteiger partial charge is 0.314 e. The smallest absolute Gasteiger partial charge is 0.152 e. The Morgan fingerprint density at radius 3 is 2.90 bits per heavy atom. The van der Waals surface area contributed by atoms with Gasteiger partial charge in [-0.2, -0.15) is 0 Å². The molecule has 3 nitrogen and oxygen atoms in total. The molecule has 0 aliphatic heterocycles. The molecule has 0 atom stereocenters. The van der Waals surface area contributed by atoms with Crippen LogP contribution in [0.25, 0.3) is 22.4 Å². The van der Waals surface area contributed by atoms with Gasteiger partial charge in [-0.1, -0.05) is 6.07 Å². The zero-order valence-corrected chi connectivity index (χ0v) is 12.7. The molecule has 1 aromatic carbocycles. The lowest BCUT2D eigenvalue weighted by atomic mass is 9.92. The number of imidazole rings is 1. The third-order valence-corrected chi connectivity index (χ3v) is 4.38. The standard InChI is InChI=1S/C16H11BrFN3/c17-10-4-5-15-14(8-10)20-16(21(15)11-2-1-3-11)12-6-7-19-9-13(12)18/h6-9,11H,1-3H2. The molecule has 4 rings (SSSR count). The molecule has 2 aromatic heterocycles. The second-order valence-corrected chi connectivity index (χ2v) is 6.08. The first kappa shape index (κ1) is 12.8. The van der Waals surface area contributed by atoms with Gasteiger partial charge in [-0.05, 0) is 53.4 Å². The summed E-state index contributed by atoms with van der Waals surface area (Å²) in [5, 5.41) is 0. The number of fused-ring (bicyclic) bond motifs is 1. The molecule has 0 unspecified atom stereocenters. The first-order valence-corrected chi connectivity index (χ1v) is 7.64. The second-order valence-electron chi connectivity index (χ2n) is 5.22. The second kappa shape index (κ2) is 4.81. The van der Waals surface area contributed by atoms with Crippen LogP contribution in [0.5, 0.6) is 0 Å². The molecule has 0 bridgehead atoms. The lowest BCUT2D eigenvalue weighted by Crippen LogP contribution is -2.18. The molecule has 1 aliphatic rings. The van der Waals surface area contributed by atoms with Gasteiger partial charge in [0.15, 0.2) is 5.82 Å². The Bertz CT molecular complexity index is 824. The van der Waals surface area contributed by atoms with Crippen molar-refractivity contribution in [1.82, 2.24) is 14.5 Å². The summed E-state index contributed by atoms with van der Waals surface area (Å²) in [5.74, 6) is 0.300. The molecule has 0 spiro atoms. The summed E-state index contributed by atoms with van der Waals surface area (Å²) >= 11 is 3.38. The van der Waals surface area contributed by atoms with Crippen LogP contribution in [0.15, 0.2) is 29.0 Å². The summed E-state index contributed by atoms with van der Waals surface area (Å²) in [5.41, 5.74) is 2.17. The Hall–Kier alpha value is -1.93. The van der Waals surface area contributed by atoms with E-state index in [9.17, 15) is 4.39 Å². The van der Waals surface area contributed by atoms with E-state index in [0.29, 0.717) is 17.4 Å². The topological polar surface area (TPSA) is 30.7 Å². The Morgan fingerprint density at radius 1 is 1.33 bits per heavy atom. The van der Waals surface area contributed by atoms with Gasteiger partial charge in [-0.15, -0.1) is 0 Å². The van der Waals surface area contributed by atoms with Crippen LogP contribution >= 0.6 is 15.9 Å². The van der Waals surface area contributed by atoms with E-state index >= 15 is 0 Å². The molecule has 0 saturated heterocycles. The number of aromatic nitrogens is 3. The van der Waals surface area contributed by atoms with Crippen LogP contribution in [-0.4, -0.2) is 14.5 Å². The van der Waals surface area contributed by atoms with Gasteiger partial charge in [0.05, 0.1) is 21.7 Å². The van der Waals surface area contributed by atoms with E-state index in [-0.39, 0.29) is 5.82 Å². The third-order valence-electron chi connectivity index (χ3n) is 3.96. The predicted molar refractivity (Wildman–Crippen MR) is 81.2 cm³/mol. The fourth-order valence-electron chi connectivity index (χ4n) is 2.70. The number of hydrogen-bond donors (Lipinski definition) is 0. The molecule has 2 heterocycles. The van der Waals surface area contributed by atoms with E-state index in [1.807, 2.05) is 6.07 Å². The van der Waals surface area contributed by atoms with Crippen molar-refractivity contribution in [3.8, 4) is 11.4 Å². The van der Waals surface area contributed by atoms with E-state index in [1.54, 1.807) is 12.3 Å². The van der Waals surface area contributed by atoms with Gasteiger partial charge in [0.1, 0.15) is 11.3 Å². The van der Waals surface area contributed by atoms with E-state index < -0.39 is 0 Å². The molecule has 3 aromatic rings. The molecule has 0 radical (unpaired) electrons. The van der Waals surface area contributed by atoms with Crippen LogP contribution in [0.4, 0.5) is 4.39 Å². The van der Waals surface area contributed by atoms with Crippen LogP contribution in [0, 0.1) is 17.9 Å². The maximum Gasteiger partial charge on any atom is 0.152 e. The summed E-state index contributed by atoms with van der Waals surface area (Å²) < 4.78 is 17.0. The van der Waals surface area contributed by atoms with Gasteiger partial charge in [-0.3, -0.25) is 4.98 Å². The van der Waals surface area contributed by atoms with Crippen molar-refractivity contribution < 1.29 is 4.39 Å². The van der Waals surface area contributed by atoms with Gasteiger partial charge in [-0.25, -0.2) is 9.37 Å². The number of hydrogen-bond acceptors (Lipinski definition) is 2. The highest BCUT2D eigenvalue weighted by atomic mass is 79.9. The zero-order chi connectivity index (χ0) is 14.4. The summed E-state index contributed by atoms with van der Waals surface area (Å²) in [6.45, 7) is 0. The van der Waals surface area contributed by atoms with Gasteiger partial charge in [0.25, 0.3) is 0 Å². The molecule has 104 valence electrons. The first-order valence-electron chi connectivity index (χ1n) is 6.85. The fourth-order valence-corrected chi connectivity index (χ4v) is 3.01. The maximum atomic E-state index is 14.1. The molecule has 21 heavy (non-hydrogen) atoms. The van der Waals surface area contributed by atoms with E-state index in [4.69, 9.17) is 0 Å². The molecule has 1 saturated carbocycles. The van der Waals surface area contributed by atoms with E-state index in [1.165, 1.54) is 12.6 Å². The molecule has 1 aliphatic carbocycles. The van der Waals surface area contributed by atoms with Gasteiger partial charge < -0.3 is 4.57 Å². The number of nitrogens with zero attached hydrogens (tertiary/aromatic N) is 3. The van der Waals surface area contributed by atoms with Crippen molar-refractivity contribution in [2.24, 2.45) is 0 Å². The minimum absolute atomic E-state index is 0.351. The zero-order valence-electron chi connectivity index (χ0n) is 11.1. The van der Waals surface area contributed by atoms with E-state index in [2.05, 4.69) is 42.6 Å². The summed E-state index contributed by atoms with van der Waals surface area (Å²) in [6, 6.07) is 10.1. The molecular weight excluding hydrogens is 333 g/mol. The quantitative estimate of drug-likeness (QED) is 0.693. The molecule has 0 amide bonds. The number of pyridine rings is 1. The third kappa shape index (κ3) is 2.02. The Morgan fingerprint density at radius 2 is 2.19 bits per heavy atom. The molecule has 1 fully saturated rings. The first-order chi connectivity index (χ1) is 10.2. The van der Waals surface area contributed by atoms with Crippen molar-refractivity contribution in [3.05, 3.63) is 46.9 Å². The number of halogens is 2. The van der Waals surface area contributed by atoms with Gasteiger partial charge >= 0.3 is 0 Å². The highest BCUT2D eigenvalue weighted by molar-refractivity contribution is 9.10. The van der Waals surface area contributed by atoms with Crippen molar-refractivity contribution in [2.45, 2.75) is 25.3 Å². The lowest BCUT2D eigenvalue weighted by molar-refractivity contribution is 0.323. The van der Waals surface area contributed by atoms with Gasteiger partial charge in [0, 0.05) is 12.2 Å². The number of rotatable bonds is 2. The summed E-state index contributed by atoms with van der Waals surface area (Å²) in [4.78, 5) is 8.44. The van der Waals surface area contributed by atoms with Crippen molar-refractivity contribution >= 4 is 27.0 Å². The van der Waals surface area contributed by atoms with Crippen LogP contribution in [-0.2, 0) is 0 Å². The fraction of sp³-hybridized carbons (Fsp3) is 0.250. The molecule has 5 heteroatoms. The van der Waals surface area contributed by atoms with Crippen molar-refractivity contribution in [3.63, 3.8) is 0 Å². The Labute approximate surface area is 130 Å². The van der Waals surface area contributed by atoms with E-state index in [0.717, 1.165) is 28.3 Å². The minimum Gasteiger partial charge on any atom is -0.314 e. The van der Waals surface area contributed by atoms with Crippen LogP contribution < -0.4 is 0 Å². The highest BCUT2D eigenvalue weighted by Gasteiger charge is 2.26. The molecule has 0 N–H and O–H groups in total. The normalized spacial score (nSPS) is 15.0. The van der Waals surface area contributed by atoms with Crippen LogP contribution in [0.1, 0.15) is 25.3 Å². The van der Waals surface area contributed by atoms with Crippen molar-refractivity contribution in [2.75, 3.05) is 0 Å². The van der Waals surface area contributed by atoms with Crippen LogP contribution in [0.2, 0.25) is 0 Å². The van der Waals surface area contributed by atoms with Crippen LogP contribution in [0.3, 0.4) is 0 Å². The SMILES string of the molecule is Fc1cnccc1-c1nc2cc(Br)c#cc2n1C1CCC1. The Balaban J connectivity index is 2.01. The predicted octanol–water partition coefficient (Wildman–Crippen LogP) is 4.33. The average molecular weight is 344 g/mol. The molecular formula is C16H11BrFN3. The highest BCUT2D eigenvalue weighted by Crippen LogP contribution is 2.38. The lowest BCUT2D eigenvalue weighted by Gasteiger charge is -2.28.